The lowest BCUT2D eigenvalue weighted by atomic mass is 10.0. The molecule has 1 fully saturated rings. The molecule has 1 atom stereocenters. The van der Waals surface area contributed by atoms with E-state index in [1.54, 1.807) is 31.3 Å². The van der Waals surface area contributed by atoms with Crippen molar-refractivity contribution in [3.63, 3.8) is 0 Å². The van der Waals surface area contributed by atoms with E-state index in [1.807, 2.05) is 0 Å². The Morgan fingerprint density at radius 2 is 1.94 bits per heavy atom. The molecule has 4 rings (SSSR count). The Bertz CT molecular complexity index is 1240. The largest absolute Gasteiger partial charge is 0.477 e. The van der Waals surface area contributed by atoms with E-state index in [1.165, 1.54) is 0 Å². The highest BCUT2D eigenvalue weighted by Gasteiger charge is 2.24. The molecule has 0 radical (unpaired) electrons. The van der Waals surface area contributed by atoms with E-state index in [2.05, 4.69) is 28.5 Å². The number of carboxylic acids is 1. The third-order valence-corrected chi connectivity index (χ3v) is 7.77. The third kappa shape index (κ3) is 5.45. The summed E-state index contributed by atoms with van der Waals surface area (Å²) in [7, 11) is 1.59. The Kier molecular flexibility index (Phi) is 8.07. The van der Waals surface area contributed by atoms with E-state index in [0.29, 0.717) is 22.6 Å². The summed E-state index contributed by atoms with van der Waals surface area (Å²) < 4.78 is 0. The minimum atomic E-state index is -1.02. The Morgan fingerprint density at radius 3 is 2.56 bits per heavy atom. The molecule has 10 heteroatoms. The Morgan fingerprint density at radius 1 is 1.25 bits per heavy atom. The molecule has 1 amide bonds. The van der Waals surface area contributed by atoms with E-state index in [0.717, 1.165) is 72.4 Å². The molecule has 0 saturated carbocycles. The first-order valence-corrected chi connectivity index (χ1v) is 13.1. The number of aliphatic hydroxyl groups excluding tert-OH is 1. The maximum atomic E-state index is 11.7. The monoisotopic (exact) mass is 511 g/mol. The fourth-order valence-corrected chi connectivity index (χ4v) is 5.66. The minimum absolute atomic E-state index is 0.150. The number of carbonyl (C=O) groups is 2. The summed E-state index contributed by atoms with van der Waals surface area (Å²) in [6, 6.07) is 9.32. The number of aromatic nitrogens is 1. The SMILES string of the molecule is CCCc1cc(N2CCC(NCC(O)c3ccc(C(=O)NC)cc3)CC2)nc2sc(C(=O)O)c(N)c12. The summed E-state index contributed by atoms with van der Waals surface area (Å²) in [6.45, 7) is 4.15. The van der Waals surface area contributed by atoms with Crippen molar-refractivity contribution in [2.24, 2.45) is 0 Å². The van der Waals surface area contributed by atoms with Gasteiger partial charge in [0.15, 0.2) is 0 Å². The predicted octanol–water partition coefficient (Wildman–Crippen LogP) is 3.18. The van der Waals surface area contributed by atoms with Crippen LogP contribution in [0.15, 0.2) is 30.3 Å². The number of nitrogens with one attached hydrogen (secondary N) is 2. The lowest BCUT2D eigenvalue weighted by Crippen LogP contribution is -2.44. The van der Waals surface area contributed by atoms with Gasteiger partial charge in [-0.25, -0.2) is 9.78 Å². The van der Waals surface area contributed by atoms with Crippen LogP contribution in [0.3, 0.4) is 0 Å². The molecule has 0 spiro atoms. The average molecular weight is 512 g/mol. The number of rotatable bonds is 9. The zero-order chi connectivity index (χ0) is 25.8. The molecule has 6 N–H and O–H groups in total. The van der Waals surface area contributed by atoms with Crippen LogP contribution in [-0.4, -0.2) is 59.8 Å². The number of thiophene rings is 1. The third-order valence-electron chi connectivity index (χ3n) is 6.68. The summed E-state index contributed by atoms with van der Waals surface area (Å²) in [4.78, 5) is 31.1. The number of amides is 1. The number of carbonyl (C=O) groups excluding carboxylic acids is 1. The van der Waals surface area contributed by atoms with Crippen molar-refractivity contribution in [1.82, 2.24) is 15.6 Å². The molecule has 9 nitrogen and oxygen atoms in total. The van der Waals surface area contributed by atoms with Gasteiger partial charge in [0, 0.05) is 43.7 Å². The molecular formula is C26H33N5O4S. The number of benzene rings is 1. The maximum Gasteiger partial charge on any atom is 0.348 e. The molecule has 36 heavy (non-hydrogen) atoms. The number of anilines is 2. The van der Waals surface area contributed by atoms with Gasteiger partial charge in [-0.05, 0) is 48.6 Å². The van der Waals surface area contributed by atoms with Crippen LogP contribution in [0.4, 0.5) is 11.5 Å². The molecular weight excluding hydrogens is 478 g/mol. The highest BCUT2D eigenvalue weighted by atomic mass is 32.1. The molecule has 1 saturated heterocycles. The first kappa shape index (κ1) is 25.9. The molecule has 0 aliphatic carbocycles. The quantitative estimate of drug-likeness (QED) is 0.295. The van der Waals surface area contributed by atoms with Crippen LogP contribution in [-0.2, 0) is 6.42 Å². The van der Waals surface area contributed by atoms with Crippen molar-refractivity contribution >= 4 is 44.9 Å². The summed E-state index contributed by atoms with van der Waals surface area (Å²) >= 11 is 1.14. The number of fused-ring (bicyclic) bond motifs is 1. The average Bonchev–Trinajstić information content (AvgIpc) is 3.24. The normalized spacial score (nSPS) is 15.2. The highest BCUT2D eigenvalue weighted by Crippen LogP contribution is 2.37. The number of aromatic carboxylic acids is 1. The number of nitrogens with two attached hydrogens (primary N) is 1. The zero-order valence-corrected chi connectivity index (χ0v) is 21.4. The summed E-state index contributed by atoms with van der Waals surface area (Å²) in [6.07, 6.45) is 2.89. The number of nitrogen functional groups attached to an aromatic ring is 1. The molecule has 3 heterocycles. The summed E-state index contributed by atoms with van der Waals surface area (Å²) in [5.41, 5.74) is 8.86. The summed E-state index contributed by atoms with van der Waals surface area (Å²) in [5, 5.41) is 26.9. The van der Waals surface area contributed by atoms with Gasteiger partial charge in [0.25, 0.3) is 5.91 Å². The molecule has 1 unspecified atom stereocenters. The van der Waals surface area contributed by atoms with Gasteiger partial charge in [0.05, 0.1) is 11.8 Å². The van der Waals surface area contributed by atoms with Gasteiger partial charge in [-0.15, -0.1) is 11.3 Å². The first-order chi connectivity index (χ1) is 17.3. The number of piperidine rings is 1. The fourth-order valence-electron chi connectivity index (χ4n) is 4.68. The molecule has 1 aliphatic rings. The number of aryl methyl sites for hydroxylation is 1. The molecule has 1 aromatic carbocycles. The minimum Gasteiger partial charge on any atom is -0.477 e. The van der Waals surface area contributed by atoms with Crippen LogP contribution in [0.5, 0.6) is 0 Å². The Balaban J connectivity index is 1.38. The summed E-state index contributed by atoms with van der Waals surface area (Å²) in [5.74, 6) is -0.309. The molecule has 2 aromatic heterocycles. The first-order valence-electron chi connectivity index (χ1n) is 12.3. The number of hydrogen-bond acceptors (Lipinski definition) is 8. The smallest absolute Gasteiger partial charge is 0.348 e. The van der Waals surface area contributed by atoms with Gasteiger partial charge in [-0.2, -0.15) is 0 Å². The second-order valence-electron chi connectivity index (χ2n) is 9.11. The van der Waals surface area contributed by atoms with Crippen molar-refractivity contribution in [2.75, 3.05) is 37.3 Å². The highest BCUT2D eigenvalue weighted by molar-refractivity contribution is 7.21. The van der Waals surface area contributed by atoms with E-state index < -0.39 is 12.1 Å². The van der Waals surface area contributed by atoms with E-state index in [4.69, 9.17) is 10.7 Å². The molecule has 3 aromatic rings. The lowest BCUT2D eigenvalue weighted by molar-refractivity contribution is 0.0703. The van der Waals surface area contributed by atoms with Crippen LogP contribution in [0.2, 0.25) is 0 Å². The van der Waals surface area contributed by atoms with Gasteiger partial charge in [-0.1, -0.05) is 25.5 Å². The number of nitrogens with zero attached hydrogens (tertiary/aromatic N) is 2. The van der Waals surface area contributed by atoms with Crippen molar-refractivity contribution in [1.29, 1.82) is 0 Å². The van der Waals surface area contributed by atoms with E-state index >= 15 is 0 Å². The number of hydrogen-bond donors (Lipinski definition) is 5. The molecule has 0 bridgehead atoms. The Labute approximate surface area is 214 Å². The number of carboxylic acid groups (broad SMARTS) is 1. The van der Waals surface area contributed by atoms with Gasteiger partial charge in [0.2, 0.25) is 0 Å². The number of pyridine rings is 1. The van der Waals surface area contributed by atoms with Gasteiger partial charge in [-0.3, -0.25) is 4.79 Å². The second-order valence-corrected chi connectivity index (χ2v) is 10.1. The van der Waals surface area contributed by atoms with Crippen LogP contribution in [0, 0.1) is 0 Å². The molecule has 1 aliphatic heterocycles. The van der Waals surface area contributed by atoms with Crippen molar-refractivity contribution in [3.8, 4) is 0 Å². The van der Waals surface area contributed by atoms with Gasteiger partial charge >= 0.3 is 5.97 Å². The fraction of sp³-hybridized carbons (Fsp3) is 0.423. The van der Waals surface area contributed by atoms with E-state index in [9.17, 15) is 19.8 Å². The van der Waals surface area contributed by atoms with E-state index in [-0.39, 0.29) is 16.8 Å². The lowest BCUT2D eigenvalue weighted by Gasteiger charge is -2.34. The van der Waals surface area contributed by atoms with Gasteiger partial charge < -0.3 is 31.5 Å². The molecule has 192 valence electrons. The zero-order valence-electron chi connectivity index (χ0n) is 20.6. The second kappa shape index (κ2) is 11.2. The van der Waals surface area contributed by atoms with Gasteiger partial charge in [0.1, 0.15) is 15.5 Å². The standard InChI is InChI=1S/C26H33N5O4S/c1-3-4-17-13-20(30-25-21(17)22(27)23(36-25)26(34)35)31-11-9-18(10-12-31)29-14-19(32)15-5-7-16(8-6-15)24(33)28-2/h5-8,13,18-19,29,32H,3-4,9-12,14,27H2,1-2H3,(H,28,33)(H,34,35). The topological polar surface area (TPSA) is 141 Å². The Hall–Kier alpha value is -3.21. The van der Waals surface area contributed by atoms with Crippen molar-refractivity contribution in [2.45, 2.75) is 44.8 Å². The van der Waals surface area contributed by atoms with Crippen LogP contribution in [0.1, 0.15) is 63.4 Å². The van der Waals surface area contributed by atoms with Crippen molar-refractivity contribution in [3.05, 3.63) is 51.9 Å². The van der Waals surface area contributed by atoms with Crippen LogP contribution in [0.25, 0.3) is 10.2 Å². The predicted molar refractivity (Wildman–Crippen MR) is 143 cm³/mol. The maximum absolute atomic E-state index is 11.7. The number of aliphatic hydroxyl groups is 1. The van der Waals surface area contributed by atoms with Crippen molar-refractivity contribution < 1.29 is 19.8 Å². The van der Waals surface area contributed by atoms with Crippen LogP contribution >= 0.6 is 11.3 Å². The van der Waals surface area contributed by atoms with Crippen LogP contribution < -0.4 is 21.3 Å².